The predicted molar refractivity (Wildman–Crippen MR) is 213 cm³/mol. The van der Waals surface area contributed by atoms with Crippen molar-refractivity contribution in [3.8, 4) is 0 Å². The van der Waals surface area contributed by atoms with Crippen LogP contribution < -0.4 is 0 Å². The predicted octanol–water partition coefficient (Wildman–Crippen LogP) is 10.5. The van der Waals surface area contributed by atoms with Crippen LogP contribution in [0.25, 0.3) is 0 Å². The van der Waals surface area contributed by atoms with E-state index >= 15 is 0 Å². The molecule has 2 aliphatic heterocycles. The number of esters is 2. The Morgan fingerprint density at radius 3 is 1.41 bits per heavy atom. The fraction of sp³-hybridized carbons (Fsp3) is 0.955. The van der Waals surface area contributed by atoms with Crippen molar-refractivity contribution in [1.82, 2.24) is 9.80 Å². The van der Waals surface area contributed by atoms with Crippen LogP contribution in [0.2, 0.25) is 0 Å². The normalized spacial score (nSPS) is 18.5. The number of ether oxygens (including phenoxy) is 2. The van der Waals surface area contributed by atoms with Gasteiger partial charge in [-0.15, -0.1) is 0 Å². The van der Waals surface area contributed by atoms with Gasteiger partial charge in [0.15, 0.2) is 0 Å². The summed E-state index contributed by atoms with van der Waals surface area (Å²) in [5.74, 6) is -0.136. The molecule has 0 aliphatic carbocycles. The molecule has 1 N–H and O–H groups in total. The molecule has 0 amide bonds. The lowest BCUT2D eigenvalue weighted by atomic mass is 9.71. The summed E-state index contributed by atoms with van der Waals surface area (Å²) in [6.07, 6.45) is 29.5. The molecule has 2 unspecified atom stereocenters. The molecule has 51 heavy (non-hydrogen) atoms. The average Bonchev–Trinajstić information content (AvgIpc) is 3.15. The van der Waals surface area contributed by atoms with Gasteiger partial charge in [-0.1, -0.05) is 130 Å². The van der Waals surface area contributed by atoms with Crippen molar-refractivity contribution in [3.63, 3.8) is 0 Å². The van der Waals surface area contributed by atoms with E-state index in [1.165, 1.54) is 77.0 Å². The minimum atomic E-state index is -0.0874. The number of aliphatic hydroxyl groups excluding tert-OH is 1. The van der Waals surface area contributed by atoms with E-state index in [0.717, 1.165) is 123 Å². The zero-order valence-electron chi connectivity index (χ0n) is 34.2. The number of hydrogen-bond acceptors (Lipinski definition) is 7. The second-order valence-electron chi connectivity index (χ2n) is 16.5. The van der Waals surface area contributed by atoms with Crippen molar-refractivity contribution in [3.05, 3.63) is 0 Å². The first-order valence-corrected chi connectivity index (χ1v) is 22.3. The summed E-state index contributed by atoms with van der Waals surface area (Å²) in [4.78, 5) is 32.2. The van der Waals surface area contributed by atoms with Gasteiger partial charge in [0.05, 0.1) is 17.9 Å². The highest BCUT2D eigenvalue weighted by molar-refractivity contribution is 5.73. The van der Waals surface area contributed by atoms with Crippen molar-refractivity contribution >= 4 is 11.9 Å². The fourth-order valence-corrected chi connectivity index (χ4v) is 8.42. The highest BCUT2D eigenvalue weighted by Gasteiger charge is 2.39. The second-order valence-corrected chi connectivity index (χ2v) is 16.5. The second kappa shape index (κ2) is 29.2. The lowest BCUT2D eigenvalue weighted by Gasteiger charge is -2.48. The molecule has 0 aromatic heterocycles. The molecule has 7 nitrogen and oxygen atoms in total. The van der Waals surface area contributed by atoms with Gasteiger partial charge in [0.2, 0.25) is 0 Å². The number of carbonyl (C=O) groups excluding carboxylic acids is 2. The van der Waals surface area contributed by atoms with E-state index < -0.39 is 0 Å². The number of rotatable bonds is 31. The minimum absolute atomic E-state index is 0.0257. The van der Waals surface area contributed by atoms with Crippen LogP contribution in [0.5, 0.6) is 0 Å². The number of carbonyl (C=O) groups is 2. The Kier molecular flexibility index (Phi) is 26.3. The van der Waals surface area contributed by atoms with Crippen LogP contribution in [-0.4, -0.2) is 85.4 Å². The molecule has 2 heterocycles. The topological polar surface area (TPSA) is 79.3 Å². The number of unbranched alkanes of at least 4 members (excludes halogenated alkanes) is 13. The molecule has 0 saturated carbocycles. The van der Waals surface area contributed by atoms with Crippen LogP contribution in [0.3, 0.4) is 0 Å². The molecule has 2 fully saturated rings. The van der Waals surface area contributed by atoms with E-state index in [1.54, 1.807) is 0 Å². The van der Waals surface area contributed by atoms with Crippen molar-refractivity contribution in [2.24, 2.45) is 17.3 Å². The molecule has 2 saturated heterocycles. The van der Waals surface area contributed by atoms with Gasteiger partial charge in [0.1, 0.15) is 13.2 Å². The maximum atomic E-state index is 13.6. The van der Waals surface area contributed by atoms with Gasteiger partial charge in [-0.3, -0.25) is 14.5 Å². The third-order valence-corrected chi connectivity index (χ3v) is 12.3. The molecule has 1 spiro atoms. The van der Waals surface area contributed by atoms with Crippen LogP contribution >= 0.6 is 0 Å². The average molecular weight is 721 g/mol. The van der Waals surface area contributed by atoms with Crippen LogP contribution in [0.4, 0.5) is 0 Å². The summed E-state index contributed by atoms with van der Waals surface area (Å²) in [5.41, 5.74) is 0.395. The zero-order valence-corrected chi connectivity index (χ0v) is 34.2. The van der Waals surface area contributed by atoms with Gasteiger partial charge in [0, 0.05) is 6.61 Å². The molecule has 0 radical (unpaired) electrons. The molecule has 0 aromatic rings. The molecular formula is C44H84N2O5. The van der Waals surface area contributed by atoms with Gasteiger partial charge in [-0.05, 0) is 102 Å². The monoisotopic (exact) mass is 721 g/mol. The zero-order chi connectivity index (χ0) is 37.0. The number of likely N-dealkylation sites (tertiary alicyclic amines) is 2. The smallest absolute Gasteiger partial charge is 0.308 e. The lowest BCUT2D eigenvalue weighted by Crippen LogP contribution is -2.52. The maximum Gasteiger partial charge on any atom is 0.308 e. The summed E-state index contributed by atoms with van der Waals surface area (Å²) in [7, 11) is 0. The van der Waals surface area contributed by atoms with Crippen LogP contribution in [0, 0.1) is 17.3 Å². The van der Waals surface area contributed by atoms with Gasteiger partial charge >= 0.3 is 11.9 Å². The number of aliphatic hydroxyl groups is 1. The van der Waals surface area contributed by atoms with Crippen molar-refractivity contribution in [2.75, 3.05) is 52.5 Å². The molecule has 2 rings (SSSR count). The molecule has 300 valence electrons. The molecule has 0 bridgehead atoms. The van der Waals surface area contributed by atoms with E-state index in [-0.39, 0.29) is 36.4 Å². The van der Waals surface area contributed by atoms with Crippen molar-refractivity contribution in [2.45, 2.75) is 201 Å². The summed E-state index contributed by atoms with van der Waals surface area (Å²) >= 11 is 0. The third-order valence-electron chi connectivity index (χ3n) is 12.3. The molecule has 7 heteroatoms. The molecular weight excluding hydrogens is 636 g/mol. The van der Waals surface area contributed by atoms with E-state index in [0.29, 0.717) is 18.6 Å². The Balaban J connectivity index is 2.02. The molecule has 2 aliphatic rings. The quantitative estimate of drug-likeness (QED) is 0.0564. The van der Waals surface area contributed by atoms with E-state index in [1.807, 2.05) is 0 Å². The van der Waals surface area contributed by atoms with Crippen LogP contribution in [0.15, 0.2) is 0 Å². The Hall–Kier alpha value is -1.18. The SMILES string of the molecule is CCCCCCCCC(CCCC)C(=O)OCC(COC(=O)C(CCCC)CCCCCCCC)N1CCC2(CCN(CCCCO)CC2)CC1. The standard InChI is InChI=1S/C44H84N2O5/c1-5-9-13-15-17-19-25-39(23-11-7-3)42(48)50-37-41(38-51-43(49)40(24-12-8-4)26-20-18-16-14-10-6-2)46-34-29-44(30-35-46)27-32-45(33-28-44)31-21-22-36-47/h39-41,47H,5-38H2,1-4H3. The minimum Gasteiger partial charge on any atom is -0.464 e. The summed E-state index contributed by atoms with van der Waals surface area (Å²) in [6.45, 7) is 15.1. The van der Waals surface area contributed by atoms with Gasteiger partial charge < -0.3 is 19.5 Å². The third kappa shape index (κ3) is 19.6. The summed E-state index contributed by atoms with van der Waals surface area (Å²) < 4.78 is 12.4. The van der Waals surface area contributed by atoms with Crippen molar-refractivity contribution in [1.29, 1.82) is 0 Å². The first-order chi connectivity index (χ1) is 24.9. The largest absolute Gasteiger partial charge is 0.464 e. The Morgan fingerprint density at radius 2 is 0.961 bits per heavy atom. The number of piperidine rings is 2. The maximum absolute atomic E-state index is 13.6. The van der Waals surface area contributed by atoms with Gasteiger partial charge in [-0.25, -0.2) is 0 Å². The Bertz CT molecular complexity index is 806. The first kappa shape index (κ1) is 46.0. The highest BCUT2D eigenvalue weighted by Crippen LogP contribution is 2.41. The highest BCUT2D eigenvalue weighted by atomic mass is 16.5. The van der Waals surface area contributed by atoms with Gasteiger partial charge in [0.25, 0.3) is 0 Å². The Morgan fingerprint density at radius 1 is 0.549 bits per heavy atom. The Labute approximate surface area is 315 Å². The molecule has 2 atom stereocenters. The van der Waals surface area contributed by atoms with E-state index in [2.05, 4.69) is 37.5 Å². The lowest BCUT2D eigenvalue weighted by molar-refractivity contribution is -0.156. The molecule has 0 aromatic carbocycles. The van der Waals surface area contributed by atoms with E-state index in [9.17, 15) is 14.7 Å². The van der Waals surface area contributed by atoms with Crippen molar-refractivity contribution < 1.29 is 24.2 Å². The van der Waals surface area contributed by atoms with Crippen LogP contribution in [-0.2, 0) is 19.1 Å². The number of hydrogen-bond donors (Lipinski definition) is 1. The summed E-state index contributed by atoms with van der Waals surface area (Å²) in [6, 6.07) is -0.0874. The van der Waals surface area contributed by atoms with E-state index in [4.69, 9.17) is 9.47 Å². The first-order valence-electron chi connectivity index (χ1n) is 22.3. The number of nitrogens with zero attached hydrogens (tertiary/aromatic N) is 2. The van der Waals surface area contributed by atoms with Gasteiger partial charge in [-0.2, -0.15) is 0 Å². The van der Waals surface area contributed by atoms with Crippen LogP contribution in [0.1, 0.15) is 195 Å². The summed E-state index contributed by atoms with van der Waals surface area (Å²) in [5, 5.41) is 9.18. The fourth-order valence-electron chi connectivity index (χ4n) is 8.42.